The fraction of sp³-hybridized carbons (Fsp3) is 0.444. The zero-order valence-electron chi connectivity index (χ0n) is 7.00. The molecule has 1 aromatic heterocycles. The summed E-state index contributed by atoms with van der Waals surface area (Å²) in [7, 11) is 0. The molecule has 0 atom stereocenters. The monoisotopic (exact) mass is 260 g/mol. The van der Waals surface area contributed by atoms with E-state index in [4.69, 9.17) is 11.6 Å². The van der Waals surface area contributed by atoms with Crippen LogP contribution in [0.1, 0.15) is 12.8 Å². The van der Waals surface area contributed by atoms with Crippen LogP contribution < -0.4 is 5.32 Å². The molecular formula is C9H10BrClN2. The van der Waals surface area contributed by atoms with E-state index in [1.807, 2.05) is 12.1 Å². The molecule has 13 heavy (non-hydrogen) atoms. The summed E-state index contributed by atoms with van der Waals surface area (Å²) in [5.74, 6) is 0.913. The summed E-state index contributed by atoms with van der Waals surface area (Å²) in [5, 5.41) is 3.68. The summed E-state index contributed by atoms with van der Waals surface area (Å²) < 4.78 is 1.01. The van der Waals surface area contributed by atoms with Crippen molar-refractivity contribution in [2.24, 2.45) is 0 Å². The maximum Gasteiger partial charge on any atom is 0.140 e. The molecule has 1 aliphatic carbocycles. The van der Waals surface area contributed by atoms with Crippen molar-refractivity contribution in [2.75, 3.05) is 5.32 Å². The molecule has 1 N–H and O–H groups in total. The van der Waals surface area contributed by atoms with Gasteiger partial charge in [0.25, 0.3) is 0 Å². The molecule has 0 unspecified atom stereocenters. The van der Waals surface area contributed by atoms with Crippen molar-refractivity contribution in [1.82, 2.24) is 4.98 Å². The lowest BCUT2D eigenvalue weighted by atomic mass is 9.92. The van der Waals surface area contributed by atoms with Crippen molar-refractivity contribution in [3.8, 4) is 0 Å². The summed E-state index contributed by atoms with van der Waals surface area (Å²) >= 11 is 9.31. The van der Waals surface area contributed by atoms with E-state index in [1.54, 1.807) is 6.20 Å². The highest BCUT2D eigenvalue weighted by atomic mass is 79.9. The first-order chi connectivity index (χ1) is 6.25. The van der Waals surface area contributed by atoms with Crippen LogP contribution in [0.2, 0.25) is 0 Å². The van der Waals surface area contributed by atoms with E-state index in [-0.39, 0.29) is 0 Å². The van der Waals surface area contributed by atoms with Crippen LogP contribution in [0.3, 0.4) is 0 Å². The Balaban J connectivity index is 1.98. The number of pyridine rings is 1. The standard InChI is InChI=1S/C9H10BrClN2/c10-8-2-1-3-12-9(8)13-7-4-6(11)5-7/h1-3,6-7H,4-5H2,(H,12,13). The highest BCUT2D eigenvalue weighted by Crippen LogP contribution is 2.29. The summed E-state index contributed by atoms with van der Waals surface area (Å²) in [6.45, 7) is 0. The van der Waals surface area contributed by atoms with Crippen LogP contribution in [0.5, 0.6) is 0 Å². The van der Waals surface area contributed by atoms with E-state index in [0.29, 0.717) is 11.4 Å². The van der Waals surface area contributed by atoms with Gasteiger partial charge in [0.2, 0.25) is 0 Å². The first-order valence-electron chi connectivity index (χ1n) is 4.27. The molecule has 1 saturated carbocycles. The Bertz CT molecular complexity index is 299. The molecular weight excluding hydrogens is 251 g/mol. The van der Waals surface area contributed by atoms with Crippen molar-refractivity contribution in [3.63, 3.8) is 0 Å². The molecule has 0 amide bonds. The van der Waals surface area contributed by atoms with Crippen LogP contribution in [-0.2, 0) is 0 Å². The molecule has 2 rings (SSSR count). The largest absolute Gasteiger partial charge is 0.366 e. The highest BCUT2D eigenvalue weighted by Gasteiger charge is 2.27. The molecule has 1 aliphatic rings. The molecule has 70 valence electrons. The Morgan fingerprint density at radius 2 is 2.31 bits per heavy atom. The normalized spacial score (nSPS) is 26.6. The van der Waals surface area contributed by atoms with Crippen molar-refractivity contribution in [1.29, 1.82) is 0 Å². The molecule has 4 heteroatoms. The van der Waals surface area contributed by atoms with E-state index in [1.165, 1.54) is 0 Å². The quantitative estimate of drug-likeness (QED) is 0.828. The molecule has 1 aromatic rings. The van der Waals surface area contributed by atoms with Crippen molar-refractivity contribution >= 4 is 33.3 Å². The third-order valence-electron chi connectivity index (χ3n) is 2.18. The summed E-state index contributed by atoms with van der Waals surface area (Å²) in [4.78, 5) is 4.22. The maximum atomic E-state index is 5.88. The van der Waals surface area contributed by atoms with Crippen molar-refractivity contribution in [3.05, 3.63) is 22.8 Å². The number of nitrogens with zero attached hydrogens (tertiary/aromatic N) is 1. The van der Waals surface area contributed by atoms with Crippen LogP contribution in [0, 0.1) is 0 Å². The number of anilines is 1. The second kappa shape index (κ2) is 3.84. The van der Waals surface area contributed by atoms with Gasteiger partial charge in [-0.25, -0.2) is 4.98 Å². The van der Waals surface area contributed by atoms with Crippen molar-refractivity contribution < 1.29 is 0 Å². The molecule has 0 radical (unpaired) electrons. The molecule has 1 fully saturated rings. The third kappa shape index (κ3) is 2.15. The Kier molecular flexibility index (Phi) is 2.74. The highest BCUT2D eigenvalue weighted by molar-refractivity contribution is 9.10. The lowest BCUT2D eigenvalue weighted by Crippen LogP contribution is -2.36. The van der Waals surface area contributed by atoms with Gasteiger partial charge in [0, 0.05) is 17.6 Å². The first kappa shape index (κ1) is 9.28. The van der Waals surface area contributed by atoms with Crippen LogP contribution in [0.25, 0.3) is 0 Å². The van der Waals surface area contributed by atoms with Gasteiger partial charge in [-0.3, -0.25) is 0 Å². The summed E-state index contributed by atoms with van der Waals surface area (Å²) in [6.07, 6.45) is 3.85. The number of rotatable bonds is 2. The van der Waals surface area contributed by atoms with Gasteiger partial charge in [0.15, 0.2) is 0 Å². The minimum atomic E-state index is 0.347. The second-order valence-electron chi connectivity index (χ2n) is 3.24. The third-order valence-corrected chi connectivity index (χ3v) is 3.18. The van der Waals surface area contributed by atoms with E-state index >= 15 is 0 Å². The molecule has 0 aromatic carbocycles. The molecule has 0 aliphatic heterocycles. The number of hydrogen-bond acceptors (Lipinski definition) is 2. The van der Waals surface area contributed by atoms with Gasteiger partial charge in [-0.1, -0.05) is 0 Å². The topological polar surface area (TPSA) is 24.9 Å². The van der Waals surface area contributed by atoms with E-state index in [2.05, 4.69) is 26.2 Å². The Morgan fingerprint density at radius 3 is 2.92 bits per heavy atom. The lowest BCUT2D eigenvalue weighted by molar-refractivity contribution is 0.453. The van der Waals surface area contributed by atoms with Gasteiger partial charge < -0.3 is 5.32 Å². The fourth-order valence-corrected chi connectivity index (χ4v) is 2.15. The minimum Gasteiger partial charge on any atom is -0.366 e. The Morgan fingerprint density at radius 1 is 1.54 bits per heavy atom. The van der Waals surface area contributed by atoms with Gasteiger partial charge in [0.1, 0.15) is 5.82 Å². The van der Waals surface area contributed by atoms with Crippen molar-refractivity contribution in [2.45, 2.75) is 24.3 Å². The number of nitrogens with one attached hydrogen (secondary N) is 1. The zero-order valence-corrected chi connectivity index (χ0v) is 9.35. The van der Waals surface area contributed by atoms with Gasteiger partial charge >= 0.3 is 0 Å². The molecule has 0 bridgehead atoms. The van der Waals surface area contributed by atoms with Crippen LogP contribution in [0.15, 0.2) is 22.8 Å². The van der Waals surface area contributed by atoms with Crippen LogP contribution >= 0.6 is 27.5 Å². The average Bonchev–Trinajstić information content (AvgIpc) is 2.06. The van der Waals surface area contributed by atoms with Gasteiger partial charge in [-0.05, 0) is 40.9 Å². The average molecular weight is 262 g/mol. The summed E-state index contributed by atoms with van der Waals surface area (Å²) in [6, 6.07) is 4.38. The Labute approximate surface area is 90.8 Å². The lowest BCUT2D eigenvalue weighted by Gasteiger charge is -2.32. The number of hydrogen-bond donors (Lipinski definition) is 1. The smallest absolute Gasteiger partial charge is 0.140 e. The number of alkyl halides is 1. The zero-order chi connectivity index (χ0) is 9.26. The van der Waals surface area contributed by atoms with Gasteiger partial charge in [0.05, 0.1) is 4.47 Å². The molecule has 0 spiro atoms. The predicted octanol–water partition coefficient (Wildman–Crippen LogP) is 3.03. The van der Waals surface area contributed by atoms with Gasteiger partial charge in [-0.2, -0.15) is 0 Å². The van der Waals surface area contributed by atoms with E-state index in [9.17, 15) is 0 Å². The molecule has 2 nitrogen and oxygen atoms in total. The predicted molar refractivity (Wildman–Crippen MR) is 58.2 cm³/mol. The second-order valence-corrected chi connectivity index (χ2v) is 4.72. The fourth-order valence-electron chi connectivity index (χ4n) is 1.35. The maximum absolute atomic E-state index is 5.88. The Hall–Kier alpha value is -0.280. The van der Waals surface area contributed by atoms with E-state index < -0.39 is 0 Å². The van der Waals surface area contributed by atoms with Gasteiger partial charge in [-0.15, -0.1) is 11.6 Å². The number of aromatic nitrogens is 1. The van der Waals surface area contributed by atoms with Crippen LogP contribution in [0.4, 0.5) is 5.82 Å². The van der Waals surface area contributed by atoms with Crippen LogP contribution in [-0.4, -0.2) is 16.4 Å². The van der Waals surface area contributed by atoms with E-state index in [0.717, 1.165) is 23.1 Å². The minimum absolute atomic E-state index is 0.347. The molecule has 0 saturated heterocycles. The first-order valence-corrected chi connectivity index (χ1v) is 5.50. The SMILES string of the molecule is ClC1CC(Nc2ncccc2Br)C1. The molecule has 1 heterocycles. The number of halogens is 2. The summed E-state index contributed by atoms with van der Waals surface area (Å²) in [5.41, 5.74) is 0.